The predicted molar refractivity (Wildman–Crippen MR) is 70.5 cm³/mol. The Hall–Kier alpha value is -1.88. The van der Waals surface area contributed by atoms with E-state index in [1.165, 1.54) is 0 Å². The van der Waals surface area contributed by atoms with Crippen LogP contribution in [0.25, 0.3) is 0 Å². The van der Waals surface area contributed by atoms with Crippen LogP contribution in [0.4, 0.5) is 0 Å². The summed E-state index contributed by atoms with van der Waals surface area (Å²) in [5, 5.41) is 11.7. The number of hydrogen-bond donors (Lipinski definition) is 3. The first-order valence-electron chi connectivity index (χ1n) is 6.41. The minimum Gasteiger partial charge on any atom is -0.480 e. The molecule has 1 aliphatic carbocycles. The molecule has 0 radical (unpaired) electrons. The summed E-state index contributed by atoms with van der Waals surface area (Å²) in [6.07, 6.45) is 1.71. The van der Waals surface area contributed by atoms with E-state index in [2.05, 4.69) is 5.32 Å². The minimum absolute atomic E-state index is 0.0654. The van der Waals surface area contributed by atoms with Gasteiger partial charge in [0, 0.05) is 6.54 Å². The molecule has 2 atom stereocenters. The number of carboxylic acids is 1. The summed E-state index contributed by atoms with van der Waals surface area (Å²) >= 11 is 0. The maximum atomic E-state index is 12.2. The van der Waals surface area contributed by atoms with Gasteiger partial charge in [0.1, 0.15) is 6.04 Å². The van der Waals surface area contributed by atoms with Crippen LogP contribution in [0.5, 0.6) is 0 Å². The van der Waals surface area contributed by atoms with Crippen LogP contribution >= 0.6 is 0 Å². The molecular weight excluding hydrogens is 244 g/mol. The van der Waals surface area contributed by atoms with Gasteiger partial charge in [-0.2, -0.15) is 0 Å². The molecule has 0 aromatic heterocycles. The van der Waals surface area contributed by atoms with Crippen molar-refractivity contribution < 1.29 is 14.7 Å². The molecule has 2 rings (SSSR count). The van der Waals surface area contributed by atoms with E-state index in [-0.39, 0.29) is 18.4 Å². The first-order chi connectivity index (χ1) is 9.13. The van der Waals surface area contributed by atoms with E-state index < -0.39 is 17.9 Å². The molecule has 1 amide bonds. The maximum Gasteiger partial charge on any atom is 0.326 e. The number of carbonyl (C=O) groups is 2. The summed E-state index contributed by atoms with van der Waals surface area (Å²) in [4.78, 5) is 23.3. The monoisotopic (exact) mass is 262 g/mol. The van der Waals surface area contributed by atoms with Crippen molar-refractivity contribution in [2.75, 3.05) is 6.54 Å². The lowest BCUT2D eigenvalue weighted by molar-refractivity contribution is -0.142. The van der Waals surface area contributed by atoms with E-state index in [4.69, 9.17) is 10.8 Å². The fraction of sp³-hybridized carbons (Fsp3) is 0.429. The fourth-order valence-corrected chi connectivity index (χ4v) is 2.14. The number of carbonyl (C=O) groups excluding carboxylic acids is 1. The summed E-state index contributed by atoms with van der Waals surface area (Å²) in [5.74, 6) is -1.72. The topological polar surface area (TPSA) is 92.4 Å². The number of carboxylic acid groups (broad SMARTS) is 1. The Kier molecular flexibility index (Phi) is 4.16. The number of amides is 1. The van der Waals surface area contributed by atoms with Crippen molar-refractivity contribution >= 4 is 11.9 Å². The van der Waals surface area contributed by atoms with Crippen molar-refractivity contribution in [1.29, 1.82) is 0 Å². The molecule has 5 nitrogen and oxygen atoms in total. The van der Waals surface area contributed by atoms with Crippen LogP contribution in [0, 0.1) is 5.92 Å². The highest BCUT2D eigenvalue weighted by molar-refractivity contribution is 5.88. The Morgan fingerprint density at radius 3 is 2.42 bits per heavy atom. The largest absolute Gasteiger partial charge is 0.480 e. The van der Waals surface area contributed by atoms with Gasteiger partial charge in [0.2, 0.25) is 5.91 Å². The lowest BCUT2D eigenvalue weighted by Crippen LogP contribution is -2.45. The second-order valence-corrected chi connectivity index (χ2v) is 4.86. The summed E-state index contributed by atoms with van der Waals surface area (Å²) in [5.41, 5.74) is 6.45. The number of aliphatic carboxylic acids is 1. The van der Waals surface area contributed by atoms with E-state index in [1.54, 1.807) is 0 Å². The van der Waals surface area contributed by atoms with Crippen LogP contribution in [0.2, 0.25) is 0 Å². The van der Waals surface area contributed by atoms with Crippen molar-refractivity contribution in [2.24, 2.45) is 11.7 Å². The van der Waals surface area contributed by atoms with Crippen LogP contribution in [0.3, 0.4) is 0 Å². The number of rotatable bonds is 6. The molecule has 0 bridgehead atoms. The van der Waals surface area contributed by atoms with E-state index in [9.17, 15) is 9.59 Å². The zero-order valence-corrected chi connectivity index (χ0v) is 10.6. The van der Waals surface area contributed by atoms with Gasteiger partial charge in [-0.15, -0.1) is 0 Å². The average Bonchev–Trinajstić information content (AvgIpc) is 3.22. The van der Waals surface area contributed by atoms with E-state index >= 15 is 0 Å². The number of hydrogen-bond acceptors (Lipinski definition) is 3. The van der Waals surface area contributed by atoms with Gasteiger partial charge < -0.3 is 16.2 Å². The molecule has 0 heterocycles. The van der Waals surface area contributed by atoms with Gasteiger partial charge in [-0.05, 0) is 24.3 Å². The molecule has 4 N–H and O–H groups in total. The molecule has 0 spiro atoms. The Bertz CT molecular complexity index is 457. The van der Waals surface area contributed by atoms with Gasteiger partial charge >= 0.3 is 5.97 Å². The second-order valence-electron chi connectivity index (χ2n) is 4.86. The molecule has 19 heavy (non-hydrogen) atoms. The van der Waals surface area contributed by atoms with Crippen LogP contribution < -0.4 is 11.1 Å². The van der Waals surface area contributed by atoms with Gasteiger partial charge in [-0.25, -0.2) is 4.79 Å². The van der Waals surface area contributed by atoms with E-state index in [0.29, 0.717) is 0 Å². The third-order valence-corrected chi connectivity index (χ3v) is 3.41. The molecule has 1 aromatic rings. The fourth-order valence-electron chi connectivity index (χ4n) is 2.14. The third-order valence-electron chi connectivity index (χ3n) is 3.41. The number of benzene rings is 1. The first kappa shape index (κ1) is 13.5. The molecular formula is C14H18N2O3. The Balaban J connectivity index is 2.06. The second kappa shape index (κ2) is 5.84. The smallest absolute Gasteiger partial charge is 0.326 e. The standard InChI is InChI=1S/C14H18N2O3/c15-8-11(9-4-2-1-3-5-9)13(17)16-12(14(18)19)10-6-7-10/h1-5,10-12H,6-8,15H2,(H,16,17)(H,18,19). The van der Waals surface area contributed by atoms with Crippen LogP contribution in [-0.4, -0.2) is 29.6 Å². The molecule has 1 aromatic carbocycles. The van der Waals surface area contributed by atoms with Crippen LogP contribution in [0.1, 0.15) is 24.3 Å². The normalized spacial score (nSPS) is 17.5. The van der Waals surface area contributed by atoms with Crippen LogP contribution in [0.15, 0.2) is 30.3 Å². The Morgan fingerprint density at radius 2 is 1.95 bits per heavy atom. The Morgan fingerprint density at radius 1 is 1.32 bits per heavy atom. The SMILES string of the molecule is NCC(C(=O)NC(C(=O)O)C1CC1)c1ccccc1. The van der Waals surface area contributed by atoms with E-state index in [1.807, 2.05) is 30.3 Å². The summed E-state index contributed by atoms with van der Waals surface area (Å²) in [7, 11) is 0. The zero-order valence-electron chi connectivity index (χ0n) is 10.6. The first-order valence-corrected chi connectivity index (χ1v) is 6.41. The number of nitrogens with two attached hydrogens (primary N) is 1. The zero-order chi connectivity index (χ0) is 13.8. The van der Waals surface area contributed by atoms with Gasteiger partial charge in [0.25, 0.3) is 0 Å². The Labute approximate surface area is 111 Å². The highest BCUT2D eigenvalue weighted by atomic mass is 16.4. The van der Waals surface area contributed by atoms with Crippen LogP contribution in [-0.2, 0) is 9.59 Å². The average molecular weight is 262 g/mol. The third kappa shape index (κ3) is 3.32. The predicted octanol–water partition coefficient (Wildman–Crippen LogP) is 0.708. The van der Waals surface area contributed by atoms with Gasteiger partial charge in [-0.3, -0.25) is 4.79 Å². The quantitative estimate of drug-likeness (QED) is 0.704. The van der Waals surface area contributed by atoms with Gasteiger partial charge in [-0.1, -0.05) is 30.3 Å². The van der Waals surface area contributed by atoms with Crippen molar-refractivity contribution in [3.63, 3.8) is 0 Å². The van der Waals surface area contributed by atoms with Crippen molar-refractivity contribution in [2.45, 2.75) is 24.8 Å². The lowest BCUT2D eigenvalue weighted by Gasteiger charge is -2.19. The van der Waals surface area contributed by atoms with Gasteiger partial charge in [0.05, 0.1) is 5.92 Å². The molecule has 1 saturated carbocycles. The molecule has 1 aliphatic rings. The molecule has 0 aliphatic heterocycles. The maximum absolute atomic E-state index is 12.2. The molecule has 102 valence electrons. The van der Waals surface area contributed by atoms with Crippen molar-refractivity contribution in [3.8, 4) is 0 Å². The molecule has 2 unspecified atom stereocenters. The molecule has 5 heteroatoms. The highest BCUT2D eigenvalue weighted by Crippen LogP contribution is 2.33. The van der Waals surface area contributed by atoms with Gasteiger partial charge in [0.15, 0.2) is 0 Å². The van der Waals surface area contributed by atoms with Crippen molar-refractivity contribution in [1.82, 2.24) is 5.32 Å². The minimum atomic E-state index is -0.973. The van der Waals surface area contributed by atoms with E-state index in [0.717, 1.165) is 18.4 Å². The lowest BCUT2D eigenvalue weighted by atomic mass is 9.97. The highest BCUT2D eigenvalue weighted by Gasteiger charge is 2.38. The number of nitrogens with one attached hydrogen (secondary N) is 1. The summed E-state index contributed by atoms with van der Waals surface area (Å²) < 4.78 is 0. The summed E-state index contributed by atoms with van der Waals surface area (Å²) in [6, 6.07) is 8.39. The molecule has 0 saturated heterocycles. The summed E-state index contributed by atoms with van der Waals surface area (Å²) in [6.45, 7) is 0.160. The molecule has 1 fully saturated rings. The van der Waals surface area contributed by atoms with Crippen molar-refractivity contribution in [3.05, 3.63) is 35.9 Å².